The Morgan fingerprint density at radius 2 is 0.980 bits per heavy atom. The first-order chi connectivity index (χ1) is 24.3. The maximum atomic E-state index is 6.62. The van der Waals surface area contributed by atoms with E-state index in [1.807, 2.05) is 72.8 Å². The Labute approximate surface area is 277 Å². The largest absolute Gasteiger partial charge is 0.456 e. The number of hydrogen-bond acceptors (Lipinski definition) is 5. The summed E-state index contributed by atoms with van der Waals surface area (Å²) in [4.78, 5) is 15.5. The van der Waals surface area contributed by atoms with Crippen LogP contribution in [0.15, 0.2) is 142 Å². The van der Waals surface area contributed by atoms with Gasteiger partial charge in [-0.15, -0.1) is 0 Å². The molecule has 8 aromatic carbocycles. The van der Waals surface area contributed by atoms with E-state index in [1.54, 1.807) is 0 Å². The molecule has 0 radical (unpaired) electrons. The number of nitrogens with zero attached hydrogens (tertiary/aromatic N) is 4. The highest BCUT2D eigenvalue weighted by Crippen LogP contribution is 2.50. The van der Waals surface area contributed by atoms with Crippen LogP contribution in [0, 0.1) is 0 Å². The van der Waals surface area contributed by atoms with Crippen LogP contribution in [0.3, 0.4) is 0 Å². The molecule has 4 heterocycles. The maximum Gasteiger partial charge on any atom is 0.238 e. The first-order valence-electron chi connectivity index (χ1n) is 16.4. The summed E-state index contributed by atoms with van der Waals surface area (Å²) in [5.41, 5.74) is 7.31. The van der Waals surface area contributed by atoms with Crippen LogP contribution in [0.25, 0.3) is 116 Å². The number of rotatable bonds is 3. The van der Waals surface area contributed by atoms with Crippen molar-refractivity contribution in [3.63, 3.8) is 0 Å². The average molecular weight is 627 g/mol. The van der Waals surface area contributed by atoms with Gasteiger partial charge in [-0.2, -0.15) is 9.97 Å². The zero-order valence-electron chi connectivity index (χ0n) is 25.8. The molecular weight excluding hydrogens is 604 g/mol. The minimum Gasteiger partial charge on any atom is -0.456 e. The second-order valence-electron chi connectivity index (χ2n) is 12.7. The number of furan rings is 2. The fourth-order valence-electron chi connectivity index (χ4n) is 8.16. The molecule has 0 spiro atoms. The van der Waals surface area contributed by atoms with Crippen molar-refractivity contribution in [2.45, 2.75) is 0 Å². The molecule has 0 saturated carbocycles. The minimum atomic E-state index is 0.562. The quantitative estimate of drug-likeness (QED) is 0.195. The predicted octanol–water partition coefficient (Wildman–Crippen LogP) is 11.3. The minimum absolute atomic E-state index is 0.562. The third-order valence-corrected chi connectivity index (χ3v) is 10.2. The van der Waals surface area contributed by atoms with Crippen LogP contribution in [0.2, 0.25) is 0 Å². The summed E-state index contributed by atoms with van der Waals surface area (Å²) in [7, 11) is 0. The van der Waals surface area contributed by atoms with Gasteiger partial charge in [0.05, 0.1) is 11.0 Å². The molecule has 0 saturated heterocycles. The van der Waals surface area contributed by atoms with E-state index in [9.17, 15) is 0 Å². The Balaban J connectivity index is 1.37. The number of benzene rings is 7. The van der Waals surface area contributed by atoms with Gasteiger partial charge in [0.15, 0.2) is 11.6 Å². The molecule has 49 heavy (non-hydrogen) atoms. The van der Waals surface area contributed by atoms with Gasteiger partial charge in [0, 0.05) is 48.8 Å². The average Bonchev–Trinajstić information content (AvgIpc) is 3.84. The van der Waals surface area contributed by atoms with Gasteiger partial charge >= 0.3 is 0 Å². The normalized spacial score (nSPS) is 12.5. The molecule has 0 aliphatic heterocycles. The Morgan fingerprint density at radius 3 is 1.69 bits per heavy atom. The van der Waals surface area contributed by atoms with Crippen LogP contribution in [-0.2, 0) is 0 Å². The summed E-state index contributed by atoms with van der Waals surface area (Å²) in [6, 6.07) is 45.9. The molecule has 0 amide bonds. The van der Waals surface area contributed by atoms with E-state index in [2.05, 4.69) is 65.2 Å². The Morgan fingerprint density at radius 1 is 0.408 bits per heavy atom. The predicted molar refractivity (Wildman–Crippen MR) is 197 cm³/mol. The standard InChI is InChI=1S/C43H22N4O2/c1-3-10-23(11-4-1)41-44-42(24-12-5-2-6-13-24)46-43(45-41)47-29-18-19-31-38-36(29)35-28(22-25-14-7-8-15-26(25)40(35)47)27-16-9-17-30-34(27)37-32(48-30)20-21-33(49-31)39(37)38/h1-22H. The summed E-state index contributed by atoms with van der Waals surface area (Å²) >= 11 is 0. The molecular formula is C43H22N4O2. The van der Waals surface area contributed by atoms with Crippen molar-refractivity contribution in [2.75, 3.05) is 0 Å². The number of hydrogen-bond donors (Lipinski definition) is 0. The van der Waals surface area contributed by atoms with Crippen LogP contribution >= 0.6 is 0 Å². The molecule has 0 atom stereocenters. The summed E-state index contributed by atoms with van der Waals surface area (Å²) < 4.78 is 15.4. The van der Waals surface area contributed by atoms with Gasteiger partial charge in [-0.05, 0) is 52.6 Å². The third-order valence-electron chi connectivity index (χ3n) is 10.2. The fraction of sp³-hybridized carbons (Fsp3) is 0. The summed E-state index contributed by atoms with van der Waals surface area (Å²) in [6.45, 7) is 0. The summed E-state index contributed by atoms with van der Waals surface area (Å²) in [5, 5.41) is 11.1. The van der Waals surface area contributed by atoms with E-state index in [-0.39, 0.29) is 0 Å². The lowest BCUT2D eigenvalue weighted by atomic mass is 9.93. The van der Waals surface area contributed by atoms with Crippen LogP contribution in [0.1, 0.15) is 0 Å². The van der Waals surface area contributed by atoms with Crippen molar-refractivity contribution in [3.05, 3.63) is 133 Å². The van der Waals surface area contributed by atoms with Crippen molar-refractivity contribution in [2.24, 2.45) is 0 Å². The highest BCUT2D eigenvalue weighted by atomic mass is 16.3. The van der Waals surface area contributed by atoms with Crippen molar-refractivity contribution in [3.8, 4) is 28.7 Å². The first-order valence-corrected chi connectivity index (χ1v) is 16.4. The Kier molecular flexibility index (Phi) is 4.63. The third kappa shape index (κ3) is 3.22. The lowest BCUT2D eigenvalue weighted by Crippen LogP contribution is -2.06. The summed E-state index contributed by atoms with van der Waals surface area (Å²) in [5.74, 6) is 1.80. The topological polar surface area (TPSA) is 69.9 Å². The van der Waals surface area contributed by atoms with Gasteiger partial charge in [0.25, 0.3) is 0 Å². The van der Waals surface area contributed by atoms with Crippen molar-refractivity contribution < 1.29 is 8.83 Å². The second kappa shape index (κ2) is 8.97. The van der Waals surface area contributed by atoms with Crippen LogP contribution in [0.5, 0.6) is 0 Å². The highest BCUT2D eigenvalue weighted by molar-refractivity contribution is 6.43. The van der Waals surface area contributed by atoms with Gasteiger partial charge in [-0.3, -0.25) is 4.57 Å². The van der Waals surface area contributed by atoms with Crippen molar-refractivity contribution in [1.29, 1.82) is 0 Å². The molecule has 0 N–H and O–H groups in total. The molecule has 0 aliphatic rings. The summed E-state index contributed by atoms with van der Waals surface area (Å²) in [6.07, 6.45) is 0. The van der Waals surface area contributed by atoms with Crippen LogP contribution < -0.4 is 0 Å². The van der Waals surface area contributed by atoms with Gasteiger partial charge in [-0.1, -0.05) is 97.1 Å². The zero-order valence-corrected chi connectivity index (χ0v) is 25.8. The lowest BCUT2D eigenvalue weighted by Gasteiger charge is -2.12. The second-order valence-corrected chi connectivity index (χ2v) is 12.7. The molecule has 0 unspecified atom stereocenters. The van der Waals surface area contributed by atoms with E-state index in [0.29, 0.717) is 17.6 Å². The molecule has 4 aromatic heterocycles. The van der Waals surface area contributed by atoms with Gasteiger partial charge in [0.2, 0.25) is 5.95 Å². The van der Waals surface area contributed by atoms with Crippen LogP contribution in [0.4, 0.5) is 0 Å². The van der Waals surface area contributed by atoms with E-state index in [0.717, 1.165) is 98.4 Å². The maximum absolute atomic E-state index is 6.62. The molecule has 12 rings (SSSR count). The van der Waals surface area contributed by atoms with E-state index in [1.165, 1.54) is 0 Å². The van der Waals surface area contributed by atoms with Crippen molar-refractivity contribution in [1.82, 2.24) is 19.5 Å². The zero-order chi connectivity index (χ0) is 31.8. The van der Waals surface area contributed by atoms with Gasteiger partial charge < -0.3 is 8.83 Å². The molecule has 6 nitrogen and oxygen atoms in total. The number of aromatic nitrogens is 4. The van der Waals surface area contributed by atoms with Crippen LogP contribution in [-0.4, -0.2) is 19.5 Å². The van der Waals surface area contributed by atoms with E-state index in [4.69, 9.17) is 23.8 Å². The van der Waals surface area contributed by atoms with E-state index >= 15 is 0 Å². The monoisotopic (exact) mass is 626 g/mol. The Bertz CT molecular complexity index is 3210. The van der Waals surface area contributed by atoms with E-state index < -0.39 is 0 Å². The highest BCUT2D eigenvalue weighted by Gasteiger charge is 2.28. The smallest absolute Gasteiger partial charge is 0.238 e. The Hall–Kier alpha value is -6.79. The number of fused-ring (bicyclic) bond motifs is 3. The SMILES string of the molecule is c1ccc(-c2nc(-c3ccccc3)nc(-n3c4ccc5oc6ccc7oc8cccc9c%10cc%11ccccc%11c3c%10c4c5c6c7c89)n2)cc1. The molecule has 6 heteroatoms. The lowest BCUT2D eigenvalue weighted by molar-refractivity contribution is 0.663. The van der Waals surface area contributed by atoms with Gasteiger partial charge in [-0.25, -0.2) is 4.98 Å². The molecule has 226 valence electrons. The fourth-order valence-corrected chi connectivity index (χ4v) is 8.16. The first kappa shape index (κ1) is 25.3. The molecule has 0 bridgehead atoms. The molecule has 12 aromatic rings. The van der Waals surface area contributed by atoms with Gasteiger partial charge in [0.1, 0.15) is 22.3 Å². The molecule has 0 aliphatic carbocycles. The van der Waals surface area contributed by atoms with Crippen molar-refractivity contribution >= 4 is 87.2 Å². The molecule has 0 fully saturated rings.